The second-order valence-electron chi connectivity index (χ2n) is 21.9. The second-order valence-corrected chi connectivity index (χ2v) is 21.9. The van der Waals surface area contributed by atoms with Crippen LogP contribution in [0.1, 0.15) is 294 Å². The first-order valence-electron chi connectivity index (χ1n) is 29.9. The van der Waals surface area contributed by atoms with Crippen LogP contribution >= 0.6 is 0 Å². The van der Waals surface area contributed by atoms with E-state index in [1.54, 1.807) is 0 Å². The highest BCUT2D eigenvalue weighted by Gasteiger charge is 2.75. The van der Waals surface area contributed by atoms with Gasteiger partial charge in [0.25, 0.3) is 0 Å². The lowest BCUT2D eigenvalue weighted by molar-refractivity contribution is -0.150. The minimum atomic E-state index is 0.0235. The molecule has 0 bridgehead atoms. The first kappa shape index (κ1) is 65.8. The molecule has 0 amide bonds. The van der Waals surface area contributed by atoms with Crippen molar-refractivity contribution in [3.8, 4) is 0 Å². The lowest BCUT2D eigenvalue weighted by Crippen LogP contribution is -2.56. The molecule has 7 nitrogen and oxygen atoms in total. The second kappa shape index (κ2) is 43.6. The van der Waals surface area contributed by atoms with Crippen molar-refractivity contribution in [2.45, 2.75) is 307 Å². The number of rotatable bonds is 38. The van der Waals surface area contributed by atoms with Crippen LogP contribution in [0.25, 0.3) is 0 Å². The summed E-state index contributed by atoms with van der Waals surface area (Å²) in [5.41, 5.74) is 1.10. The third-order valence-corrected chi connectivity index (χ3v) is 15.0. The predicted octanol–water partition coefficient (Wildman–Crippen LogP) is 17.0. The largest absolute Gasteiger partial charge is 0.465 e. The van der Waals surface area contributed by atoms with Crippen molar-refractivity contribution in [1.82, 2.24) is 10.2 Å². The molecule has 1 heterocycles. The Morgan fingerprint density at radius 1 is 0.582 bits per heavy atom. The first-order valence-corrected chi connectivity index (χ1v) is 29.9. The zero-order valence-electron chi connectivity index (χ0n) is 47.2. The van der Waals surface area contributed by atoms with Crippen molar-refractivity contribution in [2.75, 3.05) is 39.5 Å². The van der Waals surface area contributed by atoms with Gasteiger partial charge in [0.05, 0.1) is 25.0 Å². The van der Waals surface area contributed by atoms with Gasteiger partial charge in [0.15, 0.2) is 0 Å². The molecule has 2 saturated carbocycles. The summed E-state index contributed by atoms with van der Waals surface area (Å²) in [4.78, 5) is 28.6. The molecule has 3 rings (SSSR count). The van der Waals surface area contributed by atoms with Crippen LogP contribution in [-0.2, 0) is 19.1 Å². The average molecular weight is 950 g/mol. The number of aliphatic hydroxyl groups excluding tert-OH is 1. The van der Waals surface area contributed by atoms with Crippen molar-refractivity contribution in [2.24, 2.45) is 28.6 Å². The van der Waals surface area contributed by atoms with E-state index in [9.17, 15) is 14.7 Å². The molecule has 0 aromatic heterocycles. The topological polar surface area (TPSA) is 88.1 Å². The minimum absolute atomic E-state index is 0.0235. The number of nitrogens with one attached hydrogen (secondary N) is 1. The number of nitrogens with zero attached hydrogens (tertiary/aromatic N) is 1. The van der Waals surface area contributed by atoms with Crippen molar-refractivity contribution >= 4 is 11.9 Å². The summed E-state index contributed by atoms with van der Waals surface area (Å²) in [6.45, 7) is 28.9. The molecule has 1 spiro atoms. The lowest BCUT2D eigenvalue weighted by atomic mass is 9.92. The van der Waals surface area contributed by atoms with Gasteiger partial charge < -0.3 is 24.8 Å². The molecule has 2 aliphatic carbocycles. The Hall–Kier alpha value is -1.18. The number of ether oxygens (including phenoxy) is 2. The fraction of sp³-hybridized carbons (Fsp3) is 0.967. The third-order valence-electron chi connectivity index (χ3n) is 15.0. The summed E-state index contributed by atoms with van der Waals surface area (Å²) in [5, 5.41) is 13.4. The number of carbonyl (C=O) groups is 2. The molecule has 0 aromatic rings. The maximum atomic E-state index is 13.4. The Kier molecular flexibility index (Phi) is 42.8. The van der Waals surface area contributed by atoms with E-state index in [-0.39, 0.29) is 30.4 Å². The van der Waals surface area contributed by atoms with Gasteiger partial charge in [-0.1, -0.05) is 217 Å². The zero-order chi connectivity index (χ0) is 50.0. The molecule has 7 unspecified atom stereocenters. The Morgan fingerprint density at radius 2 is 1.01 bits per heavy atom. The fourth-order valence-corrected chi connectivity index (χ4v) is 10.7. The number of carbonyl (C=O) groups excluding carboxylic acids is 2. The molecule has 3 aliphatic rings. The van der Waals surface area contributed by atoms with Crippen molar-refractivity contribution in [1.29, 1.82) is 0 Å². The smallest absolute Gasteiger partial charge is 0.308 e. The average Bonchev–Trinajstić information content (AvgIpc) is 4.18. The summed E-state index contributed by atoms with van der Waals surface area (Å²) in [6.07, 6.45) is 40.2. The molecule has 3 fully saturated rings. The van der Waals surface area contributed by atoms with E-state index in [0.717, 1.165) is 96.2 Å². The zero-order valence-corrected chi connectivity index (χ0v) is 47.2. The van der Waals surface area contributed by atoms with E-state index in [1.807, 2.05) is 0 Å². The van der Waals surface area contributed by atoms with Gasteiger partial charge >= 0.3 is 11.9 Å². The lowest BCUT2D eigenvalue weighted by Gasteiger charge is -2.39. The van der Waals surface area contributed by atoms with Crippen LogP contribution in [0.2, 0.25) is 0 Å². The van der Waals surface area contributed by atoms with Crippen LogP contribution in [0.5, 0.6) is 0 Å². The molecule has 7 heteroatoms. The molecular weight excluding hydrogens is 829 g/mol. The van der Waals surface area contributed by atoms with E-state index in [2.05, 4.69) is 86.4 Å². The van der Waals surface area contributed by atoms with E-state index < -0.39 is 0 Å². The molecular formula is C60H120N2O5. The fourth-order valence-electron chi connectivity index (χ4n) is 10.7. The number of unbranched alkanes of at least 4 members (excludes halogenated alkanes) is 17. The number of hydrogen-bond donors (Lipinski definition) is 2. The Bertz CT molecular complexity index is 1120. The van der Waals surface area contributed by atoms with Gasteiger partial charge in [0.1, 0.15) is 0 Å². The molecule has 7 atom stereocenters. The SMILES string of the molecule is CCC.CCC.CCC.CCCCCCCCC(CC)C(=O)OCCCCCCC1CN(CCCCO)CC(CCCCCCOC(=O)C(CCCCCCCC)CC2CC23CC3(C)CC)N1. The van der Waals surface area contributed by atoms with Crippen LogP contribution in [0.15, 0.2) is 0 Å². The molecule has 2 N–H and O–H groups in total. The molecule has 1 aliphatic heterocycles. The maximum absolute atomic E-state index is 13.4. The molecule has 0 aromatic carbocycles. The van der Waals surface area contributed by atoms with E-state index in [0.29, 0.717) is 36.1 Å². The van der Waals surface area contributed by atoms with E-state index in [1.165, 1.54) is 148 Å². The summed E-state index contributed by atoms with van der Waals surface area (Å²) in [5.74, 6) is 1.04. The Morgan fingerprint density at radius 3 is 1.46 bits per heavy atom. The minimum Gasteiger partial charge on any atom is -0.465 e. The van der Waals surface area contributed by atoms with Crippen LogP contribution < -0.4 is 5.32 Å². The summed E-state index contributed by atoms with van der Waals surface area (Å²) < 4.78 is 11.7. The normalized spacial score (nSPS) is 22.6. The van der Waals surface area contributed by atoms with Gasteiger partial charge in [-0.2, -0.15) is 0 Å². The quantitative estimate of drug-likeness (QED) is 0.0471. The van der Waals surface area contributed by atoms with E-state index in [4.69, 9.17) is 9.47 Å². The first-order chi connectivity index (χ1) is 32.5. The van der Waals surface area contributed by atoms with Gasteiger partial charge in [0.2, 0.25) is 0 Å². The monoisotopic (exact) mass is 949 g/mol. The van der Waals surface area contributed by atoms with Gasteiger partial charge in [-0.25, -0.2) is 0 Å². The number of aliphatic hydroxyl groups is 1. The van der Waals surface area contributed by atoms with Crippen LogP contribution in [-0.4, -0.2) is 73.5 Å². The molecule has 1 saturated heterocycles. The molecule has 0 radical (unpaired) electrons. The van der Waals surface area contributed by atoms with Crippen molar-refractivity contribution < 1.29 is 24.2 Å². The van der Waals surface area contributed by atoms with Crippen molar-refractivity contribution in [3.05, 3.63) is 0 Å². The third kappa shape index (κ3) is 31.0. The van der Waals surface area contributed by atoms with E-state index >= 15 is 0 Å². The number of piperazine rings is 1. The van der Waals surface area contributed by atoms with Gasteiger partial charge in [-0.05, 0) is 100 Å². The van der Waals surface area contributed by atoms with Crippen LogP contribution in [0.3, 0.4) is 0 Å². The Labute approximate surface area is 419 Å². The van der Waals surface area contributed by atoms with Crippen molar-refractivity contribution in [3.63, 3.8) is 0 Å². The summed E-state index contributed by atoms with van der Waals surface area (Å²) >= 11 is 0. The standard InChI is InChI=1S/C51H96N2O5.3C3H8/c1-6-10-12-14-16-22-30-43(8-3)48(55)57-36-28-20-18-24-32-46-40-53(34-26-27-35-54)41-47(52-46)33-25-19-21-29-37-58-49(56)44(31-23-17-15-13-11-7-2)38-45-39-51(45)42-50(51,5)9-4;3*1-3-2/h43-47,52,54H,6-42H2,1-5H3;3*3H2,1-2H3. The maximum Gasteiger partial charge on any atom is 0.308 e. The molecule has 400 valence electrons. The number of esters is 2. The van der Waals surface area contributed by atoms with Crippen LogP contribution in [0.4, 0.5) is 0 Å². The summed E-state index contributed by atoms with van der Waals surface area (Å²) in [7, 11) is 0. The summed E-state index contributed by atoms with van der Waals surface area (Å²) in [6, 6.07) is 1.03. The predicted molar refractivity (Wildman–Crippen MR) is 291 cm³/mol. The Balaban J connectivity index is 0.00000446. The highest BCUT2D eigenvalue weighted by molar-refractivity contribution is 5.72. The van der Waals surface area contributed by atoms with Gasteiger partial charge in [-0.3, -0.25) is 9.59 Å². The highest BCUT2D eigenvalue weighted by atomic mass is 16.5. The number of hydrogen-bond acceptors (Lipinski definition) is 7. The van der Waals surface area contributed by atoms with Gasteiger partial charge in [0, 0.05) is 31.8 Å². The van der Waals surface area contributed by atoms with Gasteiger partial charge in [-0.15, -0.1) is 0 Å². The molecule has 67 heavy (non-hydrogen) atoms. The van der Waals surface area contributed by atoms with Crippen LogP contribution in [0, 0.1) is 28.6 Å². The highest BCUT2D eigenvalue weighted by Crippen LogP contribution is 2.83.